The first-order chi connectivity index (χ1) is 12.2. The molecule has 8 nitrogen and oxygen atoms in total. The highest BCUT2D eigenvalue weighted by Crippen LogP contribution is 2.21. The Morgan fingerprint density at radius 1 is 1.16 bits per heavy atom. The van der Waals surface area contributed by atoms with Gasteiger partial charge in [0.2, 0.25) is 5.91 Å². The van der Waals surface area contributed by atoms with Crippen LogP contribution in [-0.4, -0.2) is 77.6 Å². The van der Waals surface area contributed by atoms with Crippen LogP contribution in [0.1, 0.15) is 19.8 Å². The molecule has 2 amide bonds. The predicted molar refractivity (Wildman–Crippen MR) is 92.1 cm³/mol. The molecule has 3 rings (SSSR count). The van der Waals surface area contributed by atoms with Crippen molar-refractivity contribution in [3.63, 3.8) is 0 Å². The minimum atomic E-state index is -0.313. The normalized spacial score (nSPS) is 21.2. The van der Waals surface area contributed by atoms with Gasteiger partial charge in [-0.3, -0.25) is 9.78 Å². The molecule has 0 bridgehead atoms. The first kappa shape index (κ1) is 17.4. The summed E-state index contributed by atoms with van der Waals surface area (Å²) in [4.78, 5) is 38.8. The van der Waals surface area contributed by atoms with Gasteiger partial charge in [-0.2, -0.15) is 0 Å². The van der Waals surface area contributed by atoms with Crippen LogP contribution in [0.5, 0.6) is 0 Å². The second kappa shape index (κ2) is 8.13. The van der Waals surface area contributed by atoms with Gasteiger partial charge in [0.1, 0.15) is 5.82 Å². The number of amides is 2. The highest BCUT2D eigenvalue weighted by molar-refractivity contribution is 5.80. The third-order valence-electron chi connectivity index (χ3n) is 4.76. The van der Waals surface area contributed by atoms with Crippen LogP contribution in [0, 0.1) is 5.92 Å². The Bertz CT molecular complexity index is 589. The molecule has 0 saturated carbocycles. The van der Waals surface area contributed by atoms with Crippen molar-refractivity contribution in [1.82, 2.24) is 19.8 Å². The Labute approximate surface area is 147 Å². The average molecular weight is 347 g/mol. The van der Waals surface area contributed by atoms with E-state index in [-0.39, 0.29) is 17.9 Å². The second-order valence-electron chi connectivity index (χ2n) is 6.36. The Morgan fingerprint density at radius 3 is 2.64 bits per heavy atom. The molecular weight excluding hydrogens is 322 g/mol. The van der Waals surface area contributed by atoms with Crippen LogP contribution in [0.3, 0.4) is 0 Å². The van der Waals surface area contributed by atoms with E-state index in [2.05, 4.69) is 14.9 Å². The summed E-state index contributed by atoms with van der Waals surface area (Å²) in [6.45, 7) is 6.12. The minimum absolute atomic E-state index is 0.124. The third-order valence-corrected chi connectivity index (χ3v) is 4.76. The lowest BCUT2D eigenvalue weighted by Crippen LogP contribution is -2.53. The molecular formula is C17H25N5O3. The lowest BCUT2D eigenvalue weighted by Gasteiger charge is -2.39. The zero-order chi connectivity index (χ0) is 17.6. The Morgan fingerprint density at radius 2 is 1.96 bits per heavy atom. The molecule has 0 radical (unpaired) electrons. The Balaban J connectivity index is 1.53. The number of aromatic nitrogens is 2. The van der Waals surface area contributed by atoms with Crippen molar-refractivity contribution in [3.8, 4) is 0 Å². The number of likely N-dealkylation sites (tertiary alicyclic amines) is 1. The number of nitrogens with zero attached hydrogens (tertiary/aromatic N) is 5. The van der Waals surface area contributed by atoms with Gasteiger partial charge in [-0.15, -0.1) is 0 Å². The van der Waals surface area contributed by atoms with Crippen LogP contribution in [0.4, 0.5) is 10.6 Å². The SMILES string of the molecule is CCOC(=O)N1CCC[C@H](C(=O)N2CCN(c3cnccn3)CC2)C1. The predicted octanol–water partition coefficient (Wildman–Crippen LogP) is 0.994. The molecule has 0 aromatic carbocycles. The summed E-state index contributed by atoms with van der Waals surface area (Å²) < 4.78 is 5.06. The maximum Gasteiger partial charge on any atom is 0.409 e. The molecule has 2 aliphatic heterocycles. The topological polar surface area (TPSA) is 78.9 Å². The molecule has 0 N–H and O–H groups in total. The van der Waals surface area contributed by atoms with E-state index >= 15 is 0 Å². The van der Waals surface area contributed by atoms with E-state index < -0.39 is 0 Å². The molecule has 8 heteroatoms. The average Bonchev–Trinajstić information content (AvgIpc) is 2.68. The maximum absolute atomic E-state index is 12.8. The fourth-order valence-electron chi connectivity index (χ4n) is 3.43. The molecule has 3 heterocycles. The maximum atomic E-state index is 12.8. The van der Waals surface area contributed by atoms with E-state index in [4.69, 9.17) is 4.74 Å². The summed E-state index contributed by atoms with van der Waals surface area (Å²) in [6, 6.07) is 0. The van der Waals surface area contributed by atoms with E-state index in [1.54, 1.807) is 30.4 Å². The highest BCUT2D eigenvalue weighted by Gasteiger charge is 2.33. The molecule has 0 spiro atoms. The smallest absolute Gasteiger partial charge is 0.409 e. The number of anilines is 1. The zero-order valence-corrected chi connectivity index (χ0v) is 14.6. The third kappa shape index (κ3) is 4.18. The van der Waals surface area contributed by atoms with E-state index in [1.165, 1.54) is 0 Å². The fraction of sp³-hybridized carbons (Fsp3) is 0.647. The molecule has 2 saturated heterocycles. The van der Waals surface area contributed by atoms with Crippen LogP contribution in [0.2, 0.25) is 0 Å². The lowest BCUT2D eigenvalue weighted by atomic mass is 9.96. The van der Waals surface area contributed by atoms with Crippen molar-refractivity contribution in [2.24, 2.45) is 5.92 Å². The van der Waals surface area contributed by atoms with Crippen LogP contribution >= 0.6 is 0 Å². The lowest BCUT2D eigenvalue weighted by molar-refractivity contribution is -0.137. The zero-order valence-electron chi connectivity index (χ0n) is 14.6. The summed E-state index contributed by atoms with van der Waals surface area (Å²) in [5.74, 6) is 0.870. The van der Waals surface area contributed by atoms with Gasteiger partial charge >= 0.3 is 6.09 Å². The molecule has 2 fully saturated rings. The summed E-state index contributed by atoms with van der Waals surface area (Å²) in [5.41, 5.74) is 0. The summed E-state index contributed by atoms with van der Waals surface area (Å²) in [5, 5.41) is 0. The monoisotopic (exact) mass is 347 g/mol. The van der Waals surface area contributed by atoms with Gasteiger partial charge in [0.15, 0.2) is 0 Å². The van der Waals surface area contributed by atoms with Gasteiger partial charge in [0, 0.05) is 51.7 Å². The van der Waals surface area contributed by atoms with E-state index in [0.717, 1.165) is 31.7 Å². The number of hydrogen-bond acceptors (Lipinski definition) is 6. The Kier molecular flexibility index (Phi) is 5.67. The van der Waals surface area contributed by atoms with Crippen LogP contribution in [-0.2, 0) is 9.53 Å². The second-order valence-corrected chi connectivity index (χ2v) is 6.36. The molecule has 2 aliphatic rings. The first-order valence-electron chi connectivity index (χ1n) is 8.90. The largest absolute Gasteiger partial charge is 0.450 e. The van der Waals surface area contributed by atoms with Gasteiger partial charge in [0.05, 0.1) is 18.7 Å². The van der Waals surface area contributed by atoms with E-state index in [1.807, 2.05) is 4.90 Å². The van der Waals surface area contributed by atoms with Crippen LogP contribution < -0.4 is 4.90 Å². The molecule has 1 aromatic rings. The summed E-state index contributed by atoms with van der Waals surface area (Å²) in [7, 11) is 0. The van der Waals surface area contributed by atoms with E-state index in [9.17, 15) is 9.59 Å². The number of ether oxygens (including phenoxy) is 1. The van der Waals surface area contributed by atoms with Crippen molar-refractivity contribution in [2.75, 3.05) is 50.8 Å². The molecule has 25 heavy (non-hydrogen) atoms. The standard InChI is InChI=1S/C17H25N5O3/c1-2-25-17(24)22-7-3-4-14(13-22)16(23)21-10-8-20(9-11-21)15-12-18-5-6-19-15/h5-6,12,14H,2-4,7-11,13H2,1H3/t14-/m0/s1. The quantitative estimate of drug-likeness (QED) is 0.811. The van der Waals surface area contributed by atoms with E-state index in [0.29, 0.717) is 32.8 Å². The summed E-state index contributed by atoms with van der Waals surface area (Å²) >= 11 is 0. The molecule has 1 atom stereocenters. The van der Waals surface area contributed by atoms with Crippen LogP contribution in [0.15, 0.2) is 18.6 Å². The van der Waals surface area contributed by atoms with Crippen molar-refractivity contribution in [3.05, 3.63) is 18.6 Å². The molecule has 136 valence electrons. The number of carbonyl (C=O) groups excluding carboxylic acids is 2. The molecule has 0 unspecified atom stereocenters. The summed E-state index contributed by atoms with van der Waals surface area (Å²) in [6.07, 6.45) is 6.44. The number of rotatable bonds is 3. The van der Waals surface area contributed by atoms with Crippen molar-refractivity contribution >= 4 is 17.8 Å². The Hall–Kier alpha value is -2.38. The first-order valence-corrected chi connectivity index (χ1v) is 8.90. The fourth-order valence-corrected chi connectivity index (χ4v) is 3.43. The molecule has 1 aromatic heterocycles. The van der Waals surface area contributed by atoms with Gasteiger partial charge in [-0.1, -0.05) is 0 Å². The van der Waals surface area contributed by atoms with Gasteiger partial charge in [0.25, 0.3) is 0 Å². The van der Waals surface area contributed by atoms with Crippen LogP contribution in [0.25, 0.3) is 0 Å². The minimum Gasteiger partial charge on any atom is -0.450 e. The number of piperazine rings is 1. The number of piperidine rings is 1. The number of carbonyl (C=O) groups is 2. The van der Waals surface area contributed by atoms with Gasteiger partial charge in [-0.25, -0.2) is 9.78 Å². The van der Waals surface area contributed by atoms with Crippen molar-refractivity contribution in [1.29, 1.82) is 0 Å². The van der Waals surface area contributed by atoms with Gasteiger partial charge in [-0.05, 0) is 19.8 Å². The molecule has 0 aliphatic carbocycles. The van der Waals surface area contributed by atoms with Crippen molar-refractivity contribution in [2.45, 2.75) is 19.8 Å². The highest BCUT2D eigenvalue weighted by atomic mass is 16.6. The number of hydrogen-bond donors (Lipinski definition) is 0. The van der Waals surface area contributed by atoms with Crippen molar-refractivity contribution < 1.29 is 14.3 Å². The van der Waals surface area contributed by atoms with Gasteiger partial charge < -0.3 is 19.4 Å².